The summed E-state index contributed by atoms with van der Waals surface area (Å²) < 4.78 is 27.2. The first-order chi connectivity index (χ1) is 8.54. The van der Waals surface area contributed by atoms with Gasteiger partial charge in [-0.15, -0.1) is 0 Å². The Bertz CT molecular complexity index is 281. The van der Waals surface area contributed by atoms with Crippen molar-refractivity contribution in [3.8, 4) is 0 Å². The lowest BCUT2D eigenvalue weighted by molar-refractivity contribution is 0.275. The molecule has 0 fully saturated rings. The fourth-order valence-electron chi connectivity index (χ4n) is 1.63. The molecule has 0 aromatic rings. The number of hydrogen-bond donors (Lipinski definition) is 2. The Morgan fingerprint density at radius 3 is 2.28 bits per heavy atom. The van der Waals surface area contributed by atoms with E-state index in [-0.39, 0.29) is 6.61 Å². The normalized spacial score (nSPS) is 12.2. The van der Waals surface area contributed by atoms with E-state index in [2.05, 4.69) is 11.6 Å². The van der Waals surface area contributed by atoms with Gasteiger partial charge in [-0.1, -0.05) is 39.0 Å². The molecule has 0 amide bonds. The van der Waals surface area contributed by atoms with Gasteiger partial charge >= 0.3 is 0 Å². The summed E-state index contributed by atoms with van der Waals surface area (Å²) in [5, 5.41) is 8.66. The lowest BCUT2D eigenvalue weighted by atomic mass is 10.1. The highest BCUT2D eigenvalue weighted by Gasteiger charge is 2.15. The van der Waals surface area contributed by atoms with E-state index in [1.165, 1.54) is 37.0 Å². The zero-order valence-corrected chi connectivity index (χ0v) is 12.5. The molecule has 0 aromatic carbocycles. The first-order valence-corrected chi connectivity index (χ1v) is 8.30. The van der Waals surface area contributed by atoms with Crippen LogP contribution >= 0.6 is 0 Å². The molecule has 6 heteroatoms. The van der Waals surface area contributed by atoms with E-state index in [0.717, 1.165) is 12.8 Å². The first kappa shape index (κ1) is 17.8. The van der Waals surface area contributed by atoms with Gasteiger partial charge in [-0.2, -0.15) is 12.7 Å². The van der Waals surface area contributed by atoms with Gasteiger partial charge in [0.05, 0.1) is 0 Å². The monoisotopic (exact) mass is 280 g/mol. The van der Waals surface area contributed by atoms with Crippen LogP contribution in [0.1, 0.15) is 51.9 Å². The van der Waals surface area contributed by atoms with Crippen LogP contribution in [0.2, 0.25) is 0 Å². The molecule has 0 heterocycles. The van der Waals surface area contributed by atoms with E-state index in [1.54, 1.807) is 0 Å². The molecule has 0 aromatic heterocycles. The van der Waals surface area contributed by atoms with Crippen LogP contribution in [-0.4, -0.2) is 44.6 Å². The Balaban J connectivity index is 3.64. The quantitative estimate of drug-likeness (QED) is 0.532. The van der Waals surface area contributed by atoms with Gasteiger partial charge in [-0.05, 0) is 12.8 Å². The SMILES string of the molecule is CCCCCCCCNS(=O)(=O)N(C)CCCO. The summed E-state index contributed by atoms with van der Waals surface area (Å²) in [5.41, 5.74) is 0. The fourth-order valence-corrected chi connectivity index (χ4v) is 2.62. The molecule has 0 saturated carbocycles. The minimum Gasteiger partial charge on any atom is -0.396 e. The third-order valence-electron chi connectivity index (χ3n) is 2.86. The summed E-state index contributed by atoms with van der Waals surface area (Å²) in [6, 6.07) is 0. The van der Waals surface area contributed by atoms with Crippen molar-refractivity contribution < 1.29 is 13.5 Å². The molecule has 2 N–H and O–H groups in total. The lowest BCUT2D eigenvalue weighted by Gasteiger charge is -2.17. The van der Waals surface area contributed by atoms with Crippen molar-refractivity contribution in [2.75, 3.05) is 26.7 Å². The number of rotatable bonds is 12. The van der Waals surface area contributed by atoms with Crippen molar-refractivity contribution >= 4 is 10.2 Å². The summed E-state index contributed by atoms with van der Waals surface area (Å²) >= 11 is 0. The van der Waals surface area contributed by atoms with Crippen molar-refractivity contribution in [2.45, 2.75) is 51.9 Å². The second-order valence-corrected chi connectivity index (χ2v) is 6.43. The third-order valence-corrected chi connectivity index (χ3v) is 4.43. The van der Waals surface area contributed by atoms with E-state index in [9.17, 15) is 8.42 Å². The fraction of sp³-hybridized carbons (Fsp3) is 1.00. The van der Waals surface area contributed by atoms with Crippen LogP contribution in [0.25, 0.3) is 0 Å². The minimum absolute atomic E-state index is 0.0112. The molecule has 0 atom stereocenters. The molecule has 0 bridgehead atoms. The lowest BCUT2D eigenvalue weighted by Crippen LogP contribution is -2.39. The van der Waals surface area contributed by atoms with Gasteiger partial charge in [0.15, 0.2) is 0 Å². The number of aliphatic hydroxyl groups is 1. The van der Waals surface area contributed by atoms with Gasteiger partial charge in [0, 0.05) is 26.7 Å². The van der Waals surface area contributed by atoms with Crippen molar-refractivity contribution in [2.24, 2.45) is 0 Å². The number of unbranched alkanes of at least 4 members (excludes halogenated alkanes) is 5. The van der Waals surface area contributed by atoms with Gasteiger partial charge in [0.1, 0.15) is 0 Å². The maximum atomic E-state index is 11.7. The average Bonchev–Trinajstić information content (AvgIpc) is 2.34. The zero-order valence-electron chi connectivity index (χ0n) is 11.7. The molecule has 0 unspecified atom stereocenters. The predicted molar refractivity (Wildman–Crippen MR) is 74.6 cm³/mol. The molecule has 5 nitrogen and oxygen atoms in total. The van der Waals surface area contributed by atoms with Crippen LogP contribution in [0.15, 0.2) is 0 Å². The standard InChI is InChI=1S/C12H28N2O3S/c1-3-4-5-6-7-8-10-13-18(16,17)14(2)11-9-12-15/h13,15H,3-12H2,1-2H3. The number of nitrogens with one attached hydrogen (secondary N) is 1. The first-order valence-electron chi connectivity index (χ1n) is 6.86. The average molecular weight is 280 g/mol. The molecule has 110 valence electrons. The summed E-state index contributed by atoms with van der Waals surface area (Å²) in [6.07, 6.45) is 7.32. The smallest absolute Gasteiger partial charge is 0.279 e. The largest absolute Gasteiger partial charge is 0.396 e. The van der Waals surface area contributed by atoms with Gasteiger partial charge in [0.2, 0.25) is 0 Å². The van der Waals surface area contributed by atoms with Gasteiger partial charge < -0.3 is 5.11 Å². The van der Waals surface area contributed by atoms with Crippen LogP contribution in [0, 0.1) is 0 Å². The topological polar surface area (TPSA) is 69.6 Å². The predicted octanol–water partition coefficient (Wildman–Crippen LogP) is 1.50. The molecular weight excluding hydrogens is 252 g/mol. The highest BCUT2D eigenvalue weighted by Crippen LogP contribution is 2.04. The van der Waals surface area contributed by atoms with Gasteiger partial charge in [-0.3, -0.25) is 0 Å². The minimum atomic E-state index is -3.36. The van der Waals surface area contributed by atoms with Crippen molar-refractivity contribution in [1.82, 2.24) is 9.03 Å². The van der Waals surface area contributed by atoms with E-state index in [1.807, 2.05) is 0 Å². The molecule has 0 spiro atoms. The second-order valence-electron chi connectivity index (χ2n) is 4.57. The Morgan fingerprint density at radius 2 is 1.67 bits per heavy atom. The van der Waals surface area contributed by atoms with Crippen LogP contribution in [-0.2, 0) is 10.2 Å². The van der Waals surface area contributed by atoms with Crippen LogP contribution < -0.4 is 4.72 Å². The molecule has 0 aliphatic carbocycles. The Morgan fingerprint density at radius 1 is 1.06 bits per heavy atom. The highest BCUT2D eigenvalue weighted by atomic mass is 32.2. The summed E-state index contributed by atoms with van der Waals surface area (Å²) in [5.74, 6) is 0. The number of nitrogens with zero attached hydrogens (tertiary/aromatic N) is 1. The summed E-state index contributed by atoms with van der Waals surface area (Å²) in [6.45, 7) is 3.04. The third kappa shape index (κ3) is 8.85. The Kier molecular flexibility index (Phi) is 10.6. The molecule has 0 rings (SSSR count). The summed E-state index contributed by atoms with van der Waals surface area (Å²) in [4.78, 5) is 0. The van der Waals surface area contributed by atoms with Crippen LogP contribution in [0.3, 0.4) is 0 Å². The molecule has 0 saturated heterocycles. The number of hydrogen-bond acceptors (Lipinski definition) is 3. The Hall–Kier alpha value is -0.170. The van der Waals surface area contributed by atoms with Gasteiger partial charge in [0.25, 0.3) is 10.2 Å². The number of aliphatic hydroxyl groups excluding tert-OH is 1. The van der Waals surface area contributed by atoms with E-state index in [4.69, 9.17) is 5.11 Å². The highest BCUT2D eigenvalue weighted by molar-refractivity contribution is 7.87. The van der Waals surface area contributed by atoms with Crippen LogP contribution in [0.5, 0.6) is 0 Å². The molecular formula is C12H28N2O3S. The van der Waals surface area contributed by atoms with E-state index in [0.29, 0.717) is 19.5 Å². The second kappa shape index (κ2) is 10.7. The van der Waals surface area contributed by atoms with Crippen LogP contribution in [0.4, 0.5) is 0 Å². The summed E-state index contributed by atoms with van der Waals surface area (Å²) in [7, 11) is -1.83. The Labute approximate surface area is 112 Å². The maximum absolute atomic E-state index is 11.7. The van der Waals surface area contributed by atoms with Crippen molar-refractivity contribution in [1.29, 1.82) is 0 Å². The molecule has 0 aliphatic heterocycles. The molecule has 18 heavy (non-hydrogen) atoms. The maximum Gasteiger partial charge on any atom is 0.279 e. The van der Waals surface area contributed by atoms with Crippen molar-refractivity contribution in [3.05, 3.63) is 0 Å². The van der Waals surface area contributed by atoms with Crippen molar-refractivity contribution in [3.63, 3.8) is 0 Å². The van der Waals surface area contributed by atoms with Gasteiger partial charge in [-0.25, -0.2) is 4.72 Å². The van der Waals surface area contributed by atoms with E-state index >= 15 is 0 Å². The molecule has 0 radical (unpaired) electrons. The van der Waals surface area contributed by atoms with E-state index < -0.39 is 10.2 Å². The zero-order chi connectivity index (χ0) is 13.9. The molecule has 0 aliphatic rings.